The van der Waals surface area contributed by atoms with Crippen molar-refractivity contribution in [2.45, 2.75) is 40.3 Å². The number of nitrogens with zero attached hydrogens (tertiary/aromatic N) is 1. The Morgan fingerprint density at radius 2 is 1.89 bits per heavy atom. The first kappa shape index (κ1) is 20.6. The lowest BCUT2D eigenvalue weighted by Gasteiger charge is -2.15. The number of nitrogens with one attached hydrogen (secondary N) is 1. The van der Waals surface area contributed by atoms with Crippen molar-refractivity contribution in [3.05, 3.63) is 58.0 Å². The van der Waals surface area contributed by atoms with Gasteiger partial charge in [0.25, 0.3) is 5.91 Å². The zero-order valence-corrected chi connectivity index (χ0v) is 16.5. The molecule has 1 N–H and O–H groups in total. The quantitative estimate of drug-likeness (QED) is 0.735. The number of benzene rings is 1. The standard InChI is InChI=1S/C21H28N2O4/c1-15(2)9-11-23-12-10-19(24)21(16(23)3)27-14-20(25)22-13-17-5-7-18(26-4)8-6-17/h5-8,10,12,15H,9,11,13-14H2,1-4H3,(H,22,25). The van der Waals surface area contributed by atoms with Crippen LogP contribution in [0.2, 0.25) is 0 Å². The number of rotatable bonds is 9. The van der Waals surface area contributed by atoms with E-state index >= 15 is 0 Å². The zero-order valence-electron chi connectivity index (χ0n) is 16.5. The number of amides is 1. The van der Waals surface area contributed by atoms with Crippen LogP contribution in [-0.4, -0.2) is 24.2 Å². The van der Waals surface area contributed by atoms with Crippen molar-refractivity contribution >= 4 is 5.91 Å². The Morgan fingerprint density at radius 1 is 1.19 bits per heavy atom. The molecule has 0 unspecified atom stereocenters. The van der Waals surface area contributed by atoms with Crippen molar-refractivity contribution in [1.82, 2.24) is 9.88 Å². The lowest BCUT2D eigenvalue weighted by molar-refractivity contribution is -0.123. The van der Waals surface area contributed by atoms with Gasteiger partial charge in [0.2, 0.25) is 5.43 Å². The third-order valence-corrected chi connectivity index (χ3v) is 4.33. The van der Waals surface area contributed by atoms with E-state index in [4.69, 9.17) is 9.47 Å². The topological polar surface area (TPSA) is 69.6 Å². The minimum atomic E-state index is -0.276. The van der Waals surface area contributed by atoms with Crippen LogP contribution in [0.5, 0.6) is 11.5 Å². The normalized spacial score (nSPS) is 10.7. The number of methoxy groups -OCH3 is 1. The average Bonchev–Trinajstić information content (AvgIpc) is 2.65. The minimum absolute atomic E-state index is 0.194. The molecule has 0 aliphatic rings. The molecule has 1 aromatic heterocycles. The summed E-state index contributed by atoms with van der Waals surface area (Å²) in [6.07, 6.45) is 2.78. The molecule has 1 amide bonds. The second-order valence-electron chi connectivity index (χ2n) is 6.88. The lowest BCUT2D eigenvalue weighted by atomic mass is 10.1. The van der Waals surface area contributed by atoms with Crippen molar-refractivity contribution in [2.75, 3.05) is 13.7 Å². The van der Waals surface area contributed by atoms with E-state index < -0.39 is 0 Å². The average molecular weight is 372 g/mol. The predicted octanol–water partition coefficient (Wildman–Crippen LogP) is 2.91. The van der Waals surface area contributed by atoms with Gasteiger partial charge in [-0.3, -0.25) is 9.59 Å². The molecule has 0 aliphatic carbocycles. The Morgan fingerprint density at radius 3 is 2.52 bits per heavy atom. The smallest absolute Gasteiger partial charge is 0.258 e. The van der Waals surface area contributed by atoms with Crippen LogP contribution in [0.3, 0.4) is 0 Å². The van der Waals surface area contributed by atoms with E-state index in [9.17, 15) is 9.59 Å². The Balaban J connectivity index is 1.91. The second kappa shape index (κ2) is 9.80. The minimum Gasteiger partial charge on any atom is -0.497 e. The molecular weight excluding hydrogens is 344 g/mol. The predicted molar refractivity (Wildman–Crippen MR) is 105 cm³/mol. The van der Waals surface area contributed by atoms with Gasteiger partial charge < -0.3 is 19.4 Å². The largest absolute Gasteiger partial charge is 0.497 e. The number of hydrogen-bond acceptors (Lipinski definition) is 4. The summed E-state index contributed by atoms with van der Waals surface area (Å²) < 4.78 is 12.6. The summed E-state index contributed by atoms with van der Waals surface area (Å²) in [6, 6.07) is 8.93. The van der Waals surface area contributed by atoms with Crippen LogP contribution in [-0.2, 0) is 17.9 Å². The van der Waals surface area contributed by atoms with Gasteiger partial charge in [-0.1, -0.05) is 26.0 Å². The van der Waals surface area contributed by atoms with E-state index in [1.165, 1.54) is 6.07 Å². The van der Waals surface area contributed by atoms with Gasteiger partial charge in [-0.05, 0) is 37.0 Å². The number of pyridine rings is 1. The molecule has 1 aromatic carbocycles. The molecule has 2 rings (SSSR count). The Bertz CT molecular complexity index is 810. The Hall–Kier alpha value is -2.76. The molecule has 2 aromatic rings. The summed E-state index contributed by atoms with van der Waals surface area (Å²) >= 11 is 0. The van der Waals surface area contributed by atoms with E-state index in [0.29, 0.717) is 12.5 Å². The zero-order chi connectivity index (χ0) is 19.8. The second-order valence-corrected chi connectivity index (χ2v) is 6.88. The molecule has 0 saturated heterocycles. The summed E-state index contributed by atoms with van der Waals surface area (Å²) in [6.45, 7) is 7.15. The molecule has 146 valence electrons. The third kappa shape index (κ3) is 6.16. The maximum atomic E-state index is 12.1. The molecule has 6 nitrogen and oxygen atoms in total. The Kier molecular flexibility index (Phi) is 7.46. The summed E-state index contributed by atoms with van der Waals surface area (Å²) in [5.41, 5.74) is 1.48. The fourth-order valence-corrected chi connectivity index (χ4v) is 2.60. The highest BCUT2D eigenvalue weighted by molar-refractivity contribution is 5.77. The first-order chi connectivity index (χ1) is 12.9. The van der Waals surface area contributed by atoms with Gasteiger partial charge in [0.1, 0.15) is 5.75 Å². The molecule has 0 fully saturated rings. The Labute approximate surface area is 160 Å². The molecule has 27 heavy (non-hydrogen) atoms. The number of ether oxygens (including phenoxy) is 2. The van der Waals surface area contributed by atoms with Crippen LogP contribution >= 0.6 is 0 Å². The SMILES string of the molecule is COc1ccc(CNC(=O)COc2c(C)n(CCC(C)C)ccc2=O)cc1. The fraction of sp³-hybridized carbons (Fsp3) is 0.429. The van der Waals surface area contributed by atoms with Gasteiger partial charge in [0.05, 0.1) is 12.8 Å². The van der Waals surface area contributed by atoms with E-state index in [0.717, 1.165) is 30.0 Å². The van der Waals surface area contributed by atoms with Gasteiger partial charge in [-0.2, -0.15) is 0 Å². The number of carbonyl (C=O) groups is 1. The van der Waals surface area contributed by atoms with E-state index in [1.807, 2.05) is 35.8 Å². The molecular formula is C21H28N2O4. The monoisotopic (exact) mass is 372 g/mol. The summed E-state index contributed by atoms with van der Waals surface area (Å²) in [5, 5.41) is 2.79. The molecule has 0 aliphatic heterocycles. The number of aromatic nitrogens is 1. The highest BCUT2D eigenvalue weighted by atomic mass is 16.5. The molecule has 0 spiro atoms. The van der Waals surface area contributed by atoms with Gasteiger partial charge in [-0.15, -0.1) is 0 Å². The van der Waals surface area contributed by atoms with Gasteiger partial charge in [0.15, 0.2) is 12.4 Å². The van der Waals surface area contributed by atoms with Gasteiger partial charge in [-0.25, -0.2) is 0 Å². The highest BCUT2D eigenvalue weighted by Gasteiger charge is 2.11. The maximum absolute atomic E-state index is 12.1. The van der Waals surface area contributed by atoms with E-state index in [2.05, 4.69) is 19.2 Å². The molecule has 0 radical (unpaired) electrons. The summed E-state index contributed by atoms with van der Waals surface area (Å²) in [5.74, 6) is 1.29. The fourth-order valence-electron chi connectivity index (χ4n) is 2.60. The molecule has 0 bridgehead atoms. The number of aryl methyl sites for hydroxylation is 1. The summed E-state index contributed by atoms with van der Waals surface area (Å²) in [7, 11) is 1.61. The van der Waals surface area contributed by atoms with Crippen molar-refractivity contribution in [1.29, 1.82) is 0 Å². The van der Waals surface area contributed by atoms with E-state index in [1.54, 1.807) is 13.3 Å². The van der Waals surface area contributed by atoms with Crippen LogP contribution in [0.25, 0.3) is 0 Å². The first-order valence-electron chi connectivity index (χ1n) is 9.13. The third-order valence-electron chi connectivity index (χ3n) is 4.33. The molecule has 1 heterocycles. The molecule has 0 atom stereocenters. The van der Waals surface area contributed by atoms with Crippen molar-refractivity contribution < 1.29 is 14.3 Å². The van der Waals surface area contributed by atoms with Gasteiger partial charge >= 0.3 is 0 Å². The molecule has 0 saturated carbocycles. The maximum Gasteiger partial charge on any atom is 0.258 e. The first-order valence-corrected chi connectivity index (χ1v) is 9.13. The van der Waals surface area contributed by atoms with E-state index in [-0.39, 0.29) is 23.7 Å². The van der Waals surface area contributed by atoms with Crippen molar-refractivity contribution in [3.63, 3.8) is 0 Å². The van der Waals surface area contributed by atoms with Crippen molar-refractivity contribution in [2.24, 2.45) is 5.92 Å². The lowest BCUT2D eigenvalue weighted by Crippen LogP contribution is -2.29. The van der Waals surface area contributed by atoms with Crippen LogP contribution in [0, 0.1) is 12.8 Å². The number of hydrogen-bond donors (Lipinski definition) is 1. The van der Waals surface area contributed by atoms with Crippen LogP contribution in [0.4, 0.5) is 0 Å². The van der Waals surface area contributed by atoms with Crippen LogP contribution in [0.15, 0.2) is 41.3 Å². The molecule has 6 heteroatoms. The summed E-state index contributed by atoms with van der Waals surface area (Å²) in [4.78, 5) is 24.2. The van der Waals surface area contributed by atoms with Crippen LogP contribution < -0.4 is 20.2 Å². The highest BCUT2D eigenvalue weighted by Crippen LogP contribution is 2.14. The van der Waals surface area contributed by atoms with Gasteiger partial charge in [0, 0.05) is 25.4 Å². The van der Waals surface area contributed by atoms with Crippen molar-refractivity contribution in [3.8, 4) is 11.5 Å². The number of carbonyl (C=O) groups excluding carboxylic acids is 1. The van der Waals surface area contributed by atoms with Crippen LogP contribution in [0.1, 0.15) is 31.5 Å².